The Bertz CT molecular complexity index is 210. The van der Waals surface area contributed by atoms with Gasteiger partial charge in [0.25, 0.3) is 0 Å². The fourth-order valence-corrected chi connectivity index (χ4v) is 0.445. The summed E-state index contributed by atoms with van der Waals surface area (Å²) in [6.07, 6.45) is 0.0197. The van der Waals surface area contributed by atoms with Crippen LogP contribution in [-0.4, -0.2) is 0 Å². The molecule has 0 radical (unpaired) electrons. The first-order valence-corrected chi connectivity index (χ1v) is 2.77. The van der Waals surface area contributed by atoms with Gasteiger partial charge in [-0.1, -0.05) is 13.5 Å². The van der Waals surface area contributed by atoms with E-state index in [0.717, 1.165) is 0 Å². The molecule has 0 fully saturated rings. The molecule has 54 valence electrons. The number of nitriles is 1. The normalized spacial score (nSPS) is 11.8. The Morgan fingerprint density at radius 1 is 1.60 bits per heavy atom. The van der Waals surface area contributed by atoms with Crippen molar-refractivity contribution < 1.29 is 8.78 Å². The molecular weight excluding hydrogens is 136 g/mol. The number of nitrogens with zero attached hydrogens (tertiary/aromatic N) is 1. The lowest BCUT2D eigenvalue weighted by Gasteiger charge is -1.92. The zero-order valence-electron chi connectivity index (χ0n) is 5.62. The molecule has 10 heavy (non-hydrogen) atoms. The summed E-state index contributed by atoms with van der Waals surface area (Å²) in [7, 11) is 0. The smallest absolute Gasteiger partial charge is 0.136 e. The van der Waals surface area contributed by atoms with Crippen LogP contribution in [-0.2, 0) is 0 Å². The van der Waals surface area contributed by atoms with Gasteiger partial charge in [-0.25, -0.2) is 8.78 Å². The van der Waals surface area contributed by atoms with E-state index in [1.165, 1.54) is 13.0 Å². The minimum atomic E-state index is -1.01. The molecule has 0 atom stereocenters. The quantitative estimate of drug-likeness (QED) is 0.430. The summed E-state index contributed by atoms with van der Waals surface area (Å²) >= 11 is 0. The molecule has 0 unspecified atom stereocenters. The van der Waals surface area contributed by atoms with E-state index in [4.69, 9.17) is 5.26 Å². The minimum absolute atomic E-state index is 0.0197. The number of hydrogen-bond acceptors (Lipinski definition) is 1. The van der Waals surface area contributed by atoms with Crippen molar-refractivity contribution in [3.8, 4) is 6.07 Å². The highest BCUT2D eigenvalue weighted by Gasteiger charge is 2.06. The predicted octanol–water partition coefficient (Wildman–Crippen LogP) is 2.63. The van der Waals surface area contributed by atoms with Crippen LogP contribution in [0.15, 0.2) is 23.8 Å². The van der Waals surface area contributed by atoms with E-state index < -0.39 is 17.2 Å². The highest BCUT2D eigenvalue weighted by molar-refractivity contribution is 5.38. The monoisotopic (exact) mass is 143 g/mol. The van der Waals surface area contributed by atoms with Gasteiger partial charge in [-0.3, -0.25) is 0 Å². The highest BCUT2D eigenvalue weighted by atomic mass is 19.1. The topological polar surface area (TPSA) is 23.8 Å². The van der Waals surface area contributed by atoms with Crippen molar-refractivity contribution in [3.05, 3.63) is 23.8 Å². The molecule has 0 aromatic carbocycles. The van der Waals surface area contributed by atoms with Gasteiger partial charge >= 0.3 is 0 Å². The third-order valence-corrected chi connectivity index (χ3v) is 0.965. The van der Waals surface area contributed by atoms with Crippen molar-refractivity contribution >= 4 is 0 Å². The Hall–Kier alpha value is -1.17. The molecule has 3 heteroatoms. The number of allylic oxidation sites excluding steroid dienone is 3. The van der Waals surface area contributed by atoms with Gasteiger partial charge < -0.3 is 0 Å². The molecule has 0 aromatic heterocycles. The molecule has 0 N–H and O–H groups in total. The molecular formula is C7H7F2N. The Kier molecular flexibility index (Phi) is 3.34. The number of hydrogen-bond donors (Lipinski definition) is 0. The van der Waals surface area contributed by atoms with Crippen LogP contribution in [0.5, 0.6) is 0 Å². The van der Waals surface area contributed by atoms with Gasteiger partial charge in [0.2, 0.25) is 0 Å². The fraction of sp³-hybridized carbons (Fsp3) is 0.286. The standard InChI is InChI=1S/C7H7F2N/c1-3-7(9)6(4-10)5(2)8/h2-3H2,1H3/b7-6+. The van der Waals surface area contributed by atoms with Gasteiger partial charge in [-0.15, -0.1) is 0 Å². The van der Waals surface area contributed by atoms with Gasteiger partial charge in [0.05, 0.1) is 0 Å². The van der Waals surface area contributed by atoms with Gasteiger partial charge in [-0.2, -0.15) is 5.26 Å². The third-order valence-electron chi connectivity index (χ3n) is 0.965. The van der Waals surface area contributed by atoms with Crippen LogP contribution in [0.25, 0.3) is 0 Å². The van der Waals surface area contributed by atoms with E-state index in [0.29, 0.717) is 0 Å². The molecule has 0 aliphatic carbocycles. The van der Waals surface area contributed by atoms with Crippen molar-refractivity contribution in [2.45, 2.75) is 13.3 Å². The summed E-state index contributed by atoms with van der Waals surface area (Å²) in [4.78, 5) is 0. The summed E-state index contributed by atoms with van der Waals surface area (Å²) in [5.74, 6) is -1.77. The van der Waals surface area contributed by atoms with Crippen molar-refractivity contribution in [1.29, 1.82) is 5.26 Å². The molecule has 0 aromatic rings. The van der Waals surface area contributed by atoms with E-state index >= 15 is 0 Å². The van der Waals surface area contributed by atoms with E-state index in [1.807, 2.05) is 0 Å². The second-order valence-electron chi connectivity index (χ2n) is 1.65. The zero-order valence-corrected chi connectivity index (χ0v) is 5.62. The molecule has 0 spiro atoms. The molecule has 0 saturated carbocycles. The lowest BCUT2D eigenvalue weighted by molar-refractivity contribution is 0.578. The second-order valence-corrected chi connectivity index (χ2v) is 1.65. The van der Waals surface area contributed by atoms with Crippen LogP contribution >= 0.6 is 0 Å². The van der Waals surface area contributed by atoms with Crippen LogP contribution in [0.3, 0.4) is 0 Å². The van der Waals surface area contributed by atoms with Gasteiger partial charge in [0.1, 0.15) is 23.3 Å². The maximum absolute atomic E-state index is 12.4. The van der Waals surface area contributed by atoms with E-state index in [1.54, 1.807) is 0 Å². The molecule has 0 aliphatic heterocycles. The lowest BCUT2D eigenvalue weighted by atomic mass is 10.2. The lowest BCUT2D eigenvalue weighted by Crippen LogP contribution is -1.82. The summed E-state index contributed by atoms with van der Waals surface area (Å²) < 4.78 is 24.5. The largest absolute Gasteiger partial charge is 0.210 e. The van der Waals surface area contributed by atoms with Gasteiger partial charge in [0.15, 0.2) is 0 Å². The van der Waals surface area contributed by atoms with Crippen molar-refractivity contribution in [2.24, 2.45) is 0 Å². The average molecular weight is 143 g/mol. The molecule has 0 amide bonds. The summed E-state index contributed by atoms with van der Waals surface area (Å²) in [6, 6.07) is 1.38. The Balaban J connectivity index is 4.68. The van der Waals surface area contributed by atoms with Crippen LogP contribution < -0.4 is 0 Å². The fourth-order valence-electron chi connectivity index (χ4n) is 0.445. The summed E-state index contributed by atoms with van der Waals surface area (Å²) in [6.45, 7) is 4.30. The van der Waals surface area contributed by atoms with Crippen molar-refractivity contribution in [3.63, 3.8) is 0 Å². The highest BCUT2D eigenvalue weighted by Crippen LogP contribution is 2.16. The zero-order chi connectivity index (χ0) is 8.15. The van der Waals surface area contributed by atoms with Crippen molar-refractivity contribution in [1.82, 2.24) is 0 Å². The molecule has 0 aliphatic rings. The van der Waals surface area contributed by atoms with Gasteiger partial charge in [-0.05, 0) is 6.42 Å². The first-order chi connectivity index (χ1) is 4.63. The van der Waals surface area contributed by atoms with Gasteiger partial charge in [0, 0.05) is 0 Å². The average Bonchev–Trinajstić information content (AvgIpc) is 1.88. The van der Waals surface area contributed by atoms with E-state index in [2.05, 4.69) is 6.58 Å². The van der Waals surface area contributed by atoms with E-state index in [-0.39, 0.29) is 6.42 Å². The molecule has 0 saturated heterocycles. The Morgan fingerprint density at radius 2 is 2.10 bits per heavy atom. The third kappa shape index (κ3) is 1.98. The second kappa shape index (κ2) is 3.78. The van der Waals surface area contributed by atoms with Crippen molar-refractivity contribution in [2.75, 3.05) is 0 Å². The first kappa shape index (κ1) is 8.83. The van der Waals surface area contributed by atoms with Crippen LogP contribution in [0.2, 0.25) is 0 Å². The maximum atomic E-state index is 12.4. The SMILES string of the molecule is C=C(F)/C(C#N)=C(/F)CC. The number of rotatable bonds is 2. The van der Waals surface area contributed by atoms with E-state index in [9.17, 15) is 8.78 Å². The Labute approximate surface area is 58.3 Å². The molecule has 0 heterocycles. The first-order valence-electron chi connectivity index (χ1n) is 2.77. The number of halogens is 2. The van der Waals surface area contributed by atoms with Crippen LogP contribution in [0.4, 0.5) is 8.78 Å². The summed E-state index contributed by atoms with van der Waals surface area (Å²) in [5.41, 5.74) is -0.581. The molecule has 0 rings (SSSR count). The molecule has 1 nitrogen and oxygen atoms in total. The minimum Gasteiger partial charge on any atom is -0.210 e. The Morgan fingerprint density at radius 3 is 2.20 bits per heavy atom. The summed E-state index contributed by atoms with van der Waals surface area (Å²) in [5, 5.41) is 8.15. The predicted molar refractivity (Wildman–Crippen MR) is 34.3 cm³/mol. The maximum Gasteiger partial charge on any atom is 0.136 e. The van der Waals surface area contributed by atoms with Crippen LogP contribution in [0.1, 0.15) is 13.3 Å². The molecule has 0 bridgehead atoms. The van der Waals surface area contributed by atoms with Crippen LogP contribution in [0, 0.1) is 11.3 Å².